The Bertz CT molecular complexity index is 658. The summed E-state index contributed by atoms with van der Waals surface area (Å²) in [5.74, 6) is 0.242. The number of methoxy groups -OCH3 is 1. The van der Waals surface area contributed by atoms with Gasteiger partial charge in [0.1, 0.15) is 5.75 Å². The molecule has 1 amide bonds. The molecular formula is C15H17N3O2S. The summed E-state index contributed by atoms with van der Waals surface area (Å²) in [6.45, 7) is 0. The number of hydrogen-bond donors (Lipinski definition) is 2. The number of hydrogen-bond acceptors (Lipinski definition) is 5. The van der Waals surface area contributed by atoms with Gasteiger partial charge in [0.15, 0.2) is 5.13 Å². The predicted molar refractivity (Wildman–Crippen MR) is 84.1 cm³/mol. The number of nitrogens with one attached hydrogen (secondary N) is 1. The van der Waals surface area contributed by atoms with Gasteiger partial charge in [-0.2, -0.15) is 0 Å². The normalized spacial score (nSPS) is 13.6. The maximum absolute atomic E-state index is 12.4. The first-order valence-electron chi connectivity index (χ1n) is 6.91. The number of anilines is 2. The van der Waals surface area contributed by atoms with E-state index in [1.165, 1.54) is 24.8 Å². The average Bonchev–Trinajstić information content (AvgIpc) is 2.88. The molecule has 21 heavy (non-hydrogen) atoms. The van der Waals surface area contributed by atoms with Crippen molar-refractivity contribution in [2.45, 2.75) is 25.7 Å². The second-order valence-electron chi connectivity index (χ2n) is 5.01. The maximum Gasteiger partial charge on any atom is 0.261 e. The molecule has 5 nitrogen and oxygen atoms in total. The number of nitrogens with two attached hydrogens (primary N) is 1. The van der Waals surface area contributed by atoms with E-state index in [2.05, 4.69) is 10.3 Å². The molecule has 3 N–H and O–H groups in total. The number of rotatable bonds is 3. The minimum absolute atomic E-state index is 0.224. The molecule has 6 heteroatoms. The lowest BCUT2D eigenvalue weighted by molar-refractivity contribution is 0.102. The lowest BCUT2D eigenvalue weighted by Gasteiger charge is -2.08. The van der Waals surface area contributed by atoms with Crippen LogP contribution in [0.25, 0.3) is 0 Å². The molecule has 1 aliphatic rings. The molecule has 0 saturated heterocycles. The van der Waals surface area contributed by atoms with E-state index in [0.29, 0.717) is 22.1 Å². The van der Waals surface area contributed by atoms with Crippen LogP contribution in [-0.4, -0.2) is 18.0 Å². The Balaban J connectivity index is 1.81. The molecule has 0 radical (unpaired) electrons. The summed E-state index contributed by atoms with van der Waals surface area (Å²) in [6, 6.07) is 4.99. The molecule has 0 saturated carbocycles. The Kier molecular flexibility index (Phi) is 3.79. The quantitative estimate of drug-likeness (QED) is 0.855. The van der Waals surface area contributed by atoms with Gasteiger partial charge in [0.25, 0.3) is 5.91 Å². The Hall–Kier alpha value is -2.08. The van der Waals surface area contributed by atoms with Crippen molar-refractivity contribution in [1.82, 2.24) is 4.98 Å². The van der Waals surface area contributed by atoms with Gasteiger partial charge in [-0.05, 0) is 37.8 Å². The van der Waals surface area contributed by atoms with E-state index in [9.17, 15) is 4.79 Å². The van der Waals surface area contributed by atoms with Crippen LogP contribution in [0.2, 0.25) is 0 Å². The first-order valence-corrected chi connectivity index (χ1v) is 7.72. The topological polar surface area (TPSA) is 77.2 Å². The molecule has 1 aromatic carbocycles. The zero-order valence-electron chi connectivity index (χ0n) is 11.8. The zero-order valence-corrected chi connectivity index (χ0v) is 12.6. The molecule has 1 aromatic heterocycles. The number of fused-ring (bicyclic) bond motifs is 1. The minimum atomic E-state index is -0.224. The first kappa shape index (κ1) is 13.9. The summed E-state index contributed by atoms with van der Waals surface area (Å²) in [5.41, 5.74) is 7.85. The van der Waals surface area contributed by atoms with E-state index in [4.69, 9.17) is 10.5 Å². The molecule has 0 fully saturated rings. The SMILES string of the molecule is COc1cc(N)ccc1C(=O)Nc1nc2c(s1)CCCC2. The van der Waals surface area contributed by atoms with Crippen molar-refractivity contribution in [2.75, 3.05) is 18.2 Å². The van der Waals surface area contributed by atoms with Crippen LogP contribution in [0.4, 0.5) is 10.8 Å². The standard InChI is InChI=1S/C15H17N3O2S/c1-20-12-8-9(16)6-7-10(12)14(19)18-15-17-11-4-2-3-5-13(11)21-15/h6-8H,2-5,16H2,1H3,(H,17,18,19). The highest BCUT2D eigenvalue weighted by molar-refractivity contribution is 7.15. The second-order valence-corrected chi connectivity index (χ2v) is 6.09. The van der Waals surface area contributed by atoms with E-state index >= 15 is 0 Å². The number of amides is 1. The van der Waals surface area contributed by atoms with Crippen molar-refractivity contribution < 1.29 is 9.53 Å². The fourth-order valence-corrected chi connectivity index (χ4v) is 3.51. The fraction of sp³-hybridized carbons (Fsp3) is 0.333. The number of nitrogens with zero attached hydrogens (tertiary/aromatic N) is 1. The van der Waals surface area contributed by atoms with Crippen molar-refractivity contribution in [2.24, 2.45) is 0 Å². The highest BCUT2D eigenvalue weighted by atomic mass is 32.1. The number of thiazole rings is 1. The summed E-state index contributed by atoms with van der Waals surface area (Å²) in [5, 5.41) is 3.52. The van der Waals surface area contributed by atoms with Crippen LogP contribution in [0.1, 0.15) is 33.8 Å². The molecule has 1 heterocycles. The highest BCUT2D eigenvalue weighted by Gasteiger charge is 2.18. The van der Waals surface area contributed by atoms with Gasteiger partial charge in [-0.25, -0.2) is 4.98 Å². The number of aryl methyl sites for hydroxylation is 2. The second kappa shape index (κ2) is 5.73. The maximum atomic E-state index is 12.4. The smallest absolute Gasteiger partial charge is 0.261 e. The van der Waals surface area contributed by atoms with Crippen LogP contribution in [0.5, 0.6) is 5.75 Å². The molecule has 3 rings (SSSR count). The van der Waals surface area contributed by atoms with Crippen molar-refractivity contribution in [3.63, 3.8) is 0 Å². The summed E-state index contributed by atoms with van der Waals surface area (Å²) < 4.78 is 5.21. The lowest BCUT2D eigenvalue weighted by Crippen LogP contribution is -2.13. The molecule has 0 spiro atoms. The lowest BCUT2D eigenvalue weighted by atomic mass is 10.0. The first-order chi connectivity index (χ1) is 10.2. The Morgan fingerprint density at radius 3 is 2.95 bits per heavy atom. The van der Waals surface area contributed by atoms with Gasteiger partial charge in [-0.15, -0.1) is 11.3 Å². The third kappa shape index (κ3) is 2.85. The van der Waals surface area contributed by atoms with E-state index in [1.807, 2.05) is 0 Å². The Morgan fingerprint density at radius 2 is 2.19 bits per heavy atom. The van der Waals surface area contributed by atoms with Crippen LogP contribution in [0.3, 0.4) is 0 Å². The third-order valence-electron chi connectivity index (χ3n) is 3.54. The fourth-order valence-electron chi connectivity index (χ4n) is 2.47. The van der Waals surface area contributed by atoms with Crippen molar-refractivity contribution >= 4 is 28.1 Å². The third-order valence-corrected chi connectivity index (χ3v) is 4.61. The van der Waals surface area contributed by atoms with E-state index in [-0.39, 0.29) is 5.91 Å². The monoisotopic (exact) mass is 303 g/mol. The van der Waals surface area contributed by atoms with Gasteiger partial charge in [0, 0.05) is 16.6 Å². The van der Waals surface area contributed by atoms with Gasteiger partial charge in [0.05, 0.1) is 18.4 Å². The zero-order chi connectivity index (χ0) is 14.8. The van der Waals surface area contributed by atoms with E-state index in [1.54, 1.807) is 29.5 Å². The number of carbonyl (C=O) groups excluding carboxylic acids is 1. The number of benzene rings is 1. The van der Waals surface area contributed by atoms with Gasteiger partial charge < -0.3 is 10.5 Å². The number of carbonyl (C=O) groups is 1. The molecule has 2 aromatic rings. The number of aromatic nitrogens is 1. The van der Waals surface area contributed by atoms with Gasteiger partial charge in [0.2, 0.25) is 0 Å². The minimum Gasteiger partial charge on any atom is -0.496 e. The van der Waals surface area contributed by atoms with Crippen molar-refractivity contribution in [3.05, 3.63) is 34.3 Å². The summed E-state index contributed by atoms with van der Waals surface area (Å²) in [4.78, 5) is 18.2. The summed E-state index contributed by atoms with van der Waals surface area (Å²) in [7, 11) is 1.52. The molecule has 0 bridgehead atoms. The summed E-state index contributed by atoms with van der Waals surface area (Å²) in [6.07, 6.45) is 4.45. The van der Waals surface area contributed by atoms with E-state index < -0.39 is 0 Å². The van der Waals surface area contributed by atoms with E-state index in [0.717, 1.165) is 18.5 Å². The Labute approximate surface area is 127 Å². The largest absolute Gasteiger partial charge is 0.496 e. The highest BCUT2D eigenvalue weighted by Crippen LogP contribution is 2.30. The molecule has 110 valence electrons. The van der Waals surface area contributed by atoms with Gasteiger partial charge in [-0.1, -0.05) is 0 Å². The van der Waals surface area contributed by atoms with Crippen molar-refractivity contribution in [3.8, 4) is 5.75 Å². The van der Waals surface area contributed by atoms with Gasteiger partial charge >= 0.3 is 0 Å². The van der Waals surface area contributed by atoms with Crippen LogP contribution >= 0.6 is 11.3 Å². The van der Waals surface area contributed by atoms with Gasteiger partial charge in [-0.3, -0.25) is 10.1 Å². The molecule has 0 aliphatic heterocycles. The Morgan fingerprint density at radius 1 is 1.38 bits per heavy atom. The van der Waals surface area contributed by atoms with Crippen molar-refractivity contribution in [1.29, 1.82) is 0 Å². The van der Waals surface area contributed by atoms with Crippen LogP contribution in [0.15, 0.2) is 18.2 Å². The van der Waals surface area contributed by atoms with Crippen LogP contribution in [-0.2, 0) is 12.8 Å². The predicted octanol–water partition coefficient (Wildman–Crippen LogP) is 2.87. The molecule has 1 aliphatic carbocycles. The van der Waals surface area contributed by atoms with Crippen LogP contribution < -0.4 is 15.8 Å². The molecule has 0 unspecified atom stereocenters. The molecule has 0 atom stereocenters. The number of nitrogen functional groups attached to an aromatic ring is 1. The number of ether oxygens (including phenoxy) is 1. The average molecular weight is 303 g/mol. The van der Waals surface area contributed by atoms with Crippen LogP contribution in [0, 0.1) is 0 Å². The summed E-state index contributed by atoms with van der Waals surface area (Å²) >= 11 is 1.57. The molecular weight excluding hydrogens is 286 g/mol.